The van der Waals surface area contributed by atoms with Crippen molar-refractivity contribution in [1.82, 2.24) is 5.32 Å². The van der Waals surface area contributed by atoms with Crippen molar-refractivity contribution in [3.63, 3.8) is 0 Å². The molecule has 3 rings (SSSR count). The van der Waals surface area contributed by atoms with Gasteiger partial charge in [-0.25, -0.2) is 0 Å². The van der Waals surface area contributed by atoms with Gasteiger partial charge in [0.15, 0.2) is 17.6 Å². The molecule has 0 aliphatic carbocycles. The largest absolute Gasteiger partial charge is 0.490 e. The van der Waals surface area contributed by atoms with Crippen LogP contribution in [0.15, 0.2) is 48.5 Å². The highest BCUT2D eigenvalue weighted by Crippen LogP contribution is 2.33. The van der Waals surface area contributed by atoms with Crippen LogP contribution in [0.2, 0.25) is 0 Å². The molecule has 0 bridgehead atoms. The van der Waals surface area contributed by atoms with Crippen LogP contribution in [0.4, 0.5) is 5.69 Å². The summed E-state index contributed by atoms with van der Waals surface area (Å²) in [6.45, 7) is 3.05. The number of ether oxygens (including phenoxy) is 3. The van der Waals surface area contributed by atoms with Crippen molar-refractivity contribution >= 4 is 17.5 Å². The topological polar surface area (TPSA) is 77.1 Å². The van der Waals surface area contributed by atoms with Crippen LogP contribution in [0.3, 0.4) is 0 Å². The Balaban J connectivity index is 1.59. The van der Waals surface area contributed by atoms with E-state index in [4.69, 9.17) is 14.2 Å². The van der Waals surface area contributed by atoms with Crippen LogP contribution >= 0.6 is 0 Å². The first-order valence-electron chi connectivity index (χ1n) is 9.76. The summed E-state index contributed by atoms with van der Waals surface area (Å²) in [4.78, 5) is 26.5. The predicted molar refractivity (Wildman–Crippen MR) is 110 cm³/mol. The van der Waals surface area contributed by atoms with Gasteiger partial charge in [0.05, 0.1) is 25.4 Å². The van der Waals surface area contributed by atoms with E-state index in [1.54, 1.807) is 18.0 Å². The number of hydrogen-bond donors (Lipinski definition) is 1. The fraction of sp³-hybridized carbons (Fsp3) is 0.364. The average Bonchev–Trinajstić information content (AvgIpc) is 2.76. The van der Waals surface area contributed by atoms with E-state index in [2.05, 4.69) is 5.32 Å². The minimum absolute atomic E-state index is 0.0728. The van der Waals surface area contributed by atoms with Crippen molar-refractivity contribution in [3.05, 3.63) is 48.5 Å². The lowest BCUT2D eigenvalue weighted by Gasteiger charge is -2.34. The van der Waals surface area contributed by atoms with Gasteiger partial charge in [0, 0.05) is 13.5 Å². The Kier molecular flexibility index (Phi) is 6.94. The minimum atomic E-state index is -0.729. The Labute approximate surface area is 170 Å². The van der Waals surface area contributed by atoms with Crippen LogP contribution in [0.25, 0.3) is 0 Å². The molecule has 0 saturated heterocycles. The first kappa shape index (κ1) is 20.5. The number of anilines is 1. The number of carbonyl (C=O) groups is 2. The van der Waals surface area contributed by atoms with E-state index in [0.717, 1.165) is 0 Å². The maximum Gasteiger partial charge on any atom is 0.262 e. The van der Waals surface area contributed by atoms with Gasteiger partial charge in [-0.15, -0.1) is 0 Å². The van der Waals surface area contributed by atoms with Crippen molar-refractivity contribution in [1.29, 1.82) is 0 Å². The van der Waals surface area contributed by atoms with E-state index in [9.17, 15) is 9.59 Å². The van der Waals surface area contributed by atoms with Gasteiger partial charge in [-0.05, 0) is 37.6 Å². The third-order valence-electron chi connectivity index (χ3n) is 4.56. The fourth-order valence-corrected chi connectivity index (χ4v) is 3.15. The molecule has 154 valence electrons. The number of hydrogen-bond acceptors (Lipinski definition) is 5. The standard InChI is InChI=1S/C22H26N2O5/c1-3-27-18-11-6-7-12-19(18)28-14-8-13-21(25)24-15-20(22(26)23-2)29-17-10-5-4-9-16(17)24/h4-7,9-12,20H,3,8,13-15H2,1-2H3,(H,23,26)/t20-/m0/s1. The molecule has 2 aromatic carbocycles. The Morgan fingerprint density at radius 3 is 2.52 bits per heavy atom. The number of rotatable bonds is 8. The van der Waals surface area contributed by atoms with Crippen LogP contribution in [-0.4, -0.2) is 44.7 Å². The van der Waals surface area contributed by atoms with Gasteiger partial charge in [-0.3, -0.25) is 9.59 Å². The Morgan fingerprint density at radius 1 is 1.10 bits per heavy atom. The number of carbonyl (C=O) groups excluding carboxylic acids is 2. The maximum atomic E-state index is 12.9. The second kappa shape index (κ2) is 9.82. The number of amides is 2. The Bertz CT molecular complexity index is 855. The number of fused-ring (bicyclic) bond motifs is 1. The molecule has 1 aliphatic heterocycles. The lowest BCUT2D eigenvalue weighted by molar-refractivity contribution is -0.128. The van der Waals surface area contributed by atoms with E-state index in [-0.39, 0.29) is 18.4 Å². The van der Waals surface area contributed by atoms with Crippen molar-refractivity contribution in [3.8, 4) is 17.2 Å². The summed E-state index contributed by atoms with van der Waals surface area (Å²) in [5.74, 6) is 1.56. The lowest BCUT2D eigenvalue weighted by atomic mass is 10.1. The summed E-state index contributed by atoms with van der Waals surface area (Å²) >= 11 is 0. The SMILES string of the molecule is CCOc1ccccc1OCCCC(=O)N1C[C@@H](C(=O)NC)Oc2ccccc21. The summed E-state index contributed by atoms with van der Waals surface area (Å²) in [6.07, 6.45) is 0.114. The summed E-state index contributed by atoms with van der Waals surface area (Å²) in [6, 6.07) is 14.7. The summed E-state index contributed by atoms with van der Waals surface area (Å²) in [7, 11) is 1.55. The highest BCUT2D eigenvalue weighted by Gasteiger charge is 2.32. The minimum Gasteiger partial charge on any atom is -0.490 e. The molecular weight excluding hydrogens is 372 g/mol. The zero-order valence-electron chi connectivity index (χ0n) is 16.7. The molecule has 1 heterocycles. The zero-order valence-corrected chi connectivity index (χ0v) is 16.7. The van der Waals surface area contributed by atoms with E-state index < -0.39 is 6.10 Å². The van der Waals surface area contributed by atoms with Crippen LogP contribution in [0.5, 0.6) is 17.2 Å². The van der Waals surface area contributed by atoms with Crippen molar-refractivity contribution in [2.45, 2.75) is 25.9 Å². The van der Waals surface area contributed by atoms with E-state index in [0.29, 0.717) is 49.0 Å². The molecule has 0 radical (unpaired) electrons. The first-order chi connectivity index (χ1) is 14.1. The molecule has 0 aromatic heterocycles. The summed E-state index contributed by atoms with van der Waals surface area (Å²) in [5.41, 5.74) is 0.681. The second-order valence-corrected chi connectivity index (χ2v) is 6.52. The summed E-state index contributed by atoms with van der Waals surface area (Å²) in [5, 5.41) is 2.58. The summed E-state index contributed by atoms with van der Waals surface area (Å²) < 4.78 is 17.1. The Morgan fingerprint density at radius 2 is 1.79 bits per heavy atom. The molecule has 29 heavy (non-hydrogen) atoms. The number of nitrogens with zero attached hydrogens (tertiary/aromatic N) is 1. The fourth-order valence-electron chi connectivity index (χ4n) is 3.15. The van der Waals surface area contributed by atoms with Crippen LogP contribution in [0.1, 0.15) is 19.8 Å². The maximum absolute atomic E-state index is 12.9. The molecule has 1 aliphatic rings. The first-order valence-corrected chi connectivity index (χ1v) is 9.76. The van der Waals surface area contributed by atoms with E-state index in [1.165, 1.54) is 0 Å². The van der Waals surface area contributed by atoms with Crippen LogP contribution in [0, 0.1) is 0 Å². The van der Waals surface area contributed by atoms with Gasteiger partial charge in [0.2, 0.25) is 5.91 Å². The molecular formula is C22H26N2O5. The monoisotopic (exact) mass is 398 g/mol. The third-order valence-corrected chi connectivity index (χ3v) is 4.56. The number of para-hydroxylation sites is 4. The molecule has 1 N–H and O–H groups in total. The third kappa shape index (κ3) is 4.99. The van der Waals surface area contributed by atoms with Gasteiger partial charge in [0.1, 0.15) is 5.75 Å². The van der Waals surface area contributed by atoms with Crippen LogP contribution in [-0.2, 0) is 9.59 Å². The van der Waals surface area contributed by atoms with Crippen LogP contribution < -0.4 is 24.4 Å². The number of likely N-dealkylation sites (N-methyl/N-ethyl adjacent to an activating group) is 1. The number of benzene rings is 2. The molecule has 2 amide bonds. The van der Waals surface area contributed by atoms with Crippen molar-refractivity contribution < 1.29 is 23.8 Å². The Hall–Kier alpha value is -3.22. The normalized spacial score (nSPS) is 15.1. The van der Waals surface area contributed by atoms with Gasteiger partial charge >= 0.3 is 0 Å². The van der Waals surface area contributed by atoms with Gasteiger partial charge in [-0.1, -0.05) is 24.3 Å². The molecule has 0 saturated carbocycles. The number of nitrogens with one attached hydrogen (secondary N) is 1. The van der Waals surface area contributed by atoms with Gasteiger partial charge < -0.3 is 24.4 Å². The van der Waals surface area contributed by atoms with Gasteiger partial charge in [-0.2, -0.15) is 0 Å². The van der Waals surface area contributed by atoms with E-state index >= 15 is 0 Å². The predicted octanol–water partition coefficient (Wildman–Crippen LogP) is 2.78. The lowest BCUT2D eigenvalue weighted by Crippen LogP contribution is -2.50. The van der Waals surface area contributed by atoms with Gasteiger partial charge in [0.25, 0.3) is 5.91 Å². The molecule has 0 spiro atoms. The zero-order chi connectivity index (χ0) is 20.6. The smallest absolute Gasteiger partial charge is 0.262 e. The van der Waals surface area contributed by atoms with E-state index in [1.807, 2.05) is 49.4 Å². The second-order valence-electron chi connectivity index (χ2n) is 6.52. The van der Waals surface area contributed by atoms with Crippen molar-refractivity contribution in [2.24, 2.45) is 0 Å². The highest BCUT2D eigenvalue weighted by molar-refractivity contribution is 5.97. The molecule has 7 heteroatoms. The molecule has 2 aromatic rings. The molecule has 1 atom stereocenters. The quantitative estimate of drug-likeness (QED) is 0.692. The molecule has 7 nitrogen and oxygen atoms in total. The molecule has 0 unspecified atom stereocenters. The highest BCUT2D eigenvalue weighted by atomic mass is 16.5. The molecule has 0 fully saturated rings. The average molecular weight is 398 g/mol. The van der Waals surface area contributed by atoms with Crippen molar-refractivity contribution in [2.75, 3.05) is 31.7 Å².